The first-order chi connectivity index (χ1) is 18.3. The van der Waals surface area contributed by atoms with Crippen molar-refractivity contribution in [3.63, 3.8) is 0 Å². The molecule has 4 bridgehead atoms. The van der Waals surface area contributed by atoms with Crippen LogP contribution in [0.3, 0.4) is 0 Å². The van der Waals surface area contributed by atoms with Gasteiger partial charge in [0.05, 0.1) is 7.11 Å². The molecule has 0 spiro atoms. The Bertz CT molecular complexity index is 1150. The van der Waals surface area contributed by atoms with Crippen molar-refractivity contribution >= 4 is 17.8 Å². The molecule has 38 heavy (non-hydrogen) atoms. The number of hydrogen-bond acceptors (Lipinski definition) is 4. The third-order valence-corrected chi connectivity index (χ3v) is 8.57. The monoisotopic (exact) mass is 520 g/mol. The molecule has 4 fully saturated rings. The van der Waals surface area contributed by atoms with Crippen LogP contribution in [-0.4, -0.2) is 30.9 Å². The minimum Gasteiger partial charge on any atom is -0.494 e. The lowest BCUT2D eigenvalue weighted by Gasteiger charge is -2.56. The smallest absolute Gasteiger partial charge is 0.243 e. The van der Waals surface area contributed by atoms with Crippen LogP contribution in [-0.2, 0) is 22.6 Å². The first kappa shape index (κ1) is 26.2. The van der Waals surface area contributed by atoms with Crippen molar-refractivity contribution in [1.29, 1.82) is 5.41 Å². The minimum atomic E-state index is -0.771. The highest BCUT2D eigenvalue weighted by Crippen LogP contribution is 2.61. The molecular weight excluding hydrogens is 483 g/mol. The summed E-state index contributed by atoms with van der Waals surface area (Å²) < 4.78 is 18.8. The highest BCUT2D eigenvalue weighted by atomic mass is 19.1. The van der Waals surface area contributed by atoms with E-state index in [9.17, 15) is 14.0 Å². The normalized spacial score (nSPS) is 25.9. The van der Waals surface area contributed by atoms with Crippen molar-refractivity contribution in [2.45, 2.75) is 64.0 Å². The van der Waals surface area contributed by atoms with Gasteiger partial charge in [-0.15, -0.1) is 0 Å². The Morgan fingerprint density at radius 1 is 1.03 bits per heavy atom. The number of halogens is 1. The number of ether oxygens (including phenoxy) is 1. The maximum absolute atomic E-state index is 13.7. The number of nitrogens with one attached hydrogen (secondary N) is 4. The summed E-state index contributed by atoms with van der Waals surface area (Å²) in [7, 11) is 1.39. The first-order valence-corrected chi connectivity index (χ1v) is 13.6. The van der Waals surface area contributed by atoms with Gasteiger partial charge in [0.25, 0.3) is 0 Å². The van der Waals surface area contributed by atoms with Crippen molar-refractivity contribution in [2.24, 2.45) is 23.2 Å². The number of hydrogen-bond donors (Lipinski definition) is 4. The van der Waals surface area contributed by atoms with Gasteiger partial charge in [-0.05, 0) is 85.0 Å². The molecule has 202 valence electrons. The van der Waals surface area contributed by atoms with Crippen molar-refractivity contribution in [2.75, 3.05) is 7.11 Å². The van der Waals surface area contributed by atoms with Crippen LogP contribution >= 0.6 is 0 Å². The second kappa shape index (κ2) is 11.1. The van der Waals surface area contributed by atoms with Crippen LogP contribution in [0, 0.1) is 34.4 Å². The lowest BCUT2D eigenvalue weighted by Crippen LogP contribution is -2.53. The maximum Gasteiger partial charge on any atom is 0.243 e. The summed E-state index contributed by atoms with van der Waals surface area (Å²) in [4.78, 5) is 26.2. The van der Waals surface area contributed by atoms with Gasteiger partial charge in [-0.2, -0.15) is 0 Å². The van der Waals surface area contributed by atoms with E-state index in [0.717, 1.165) is 42.6 Å². The van der Waals surface area contributed by atoms with Crippen LogP contribution in [0.1, 0.15) is 56.1 Å². The number of benzene rings is 2. The highest BCUT2D eigenvalue weighted by molar-refractivity contribution is 5.97. The summed E-state index contributed by atoms with van der Waals surface area (Å²) in [5, 5.41) is 16.9. The SMILES string of the molecule is COc1cc(CNC(=O)[C@@H](Cc2ccccc2)NC(=N)NC(=O)C[C@]23C[C@H]4C[C@H](C[C@H](C4)C2)C3)ccc1F. The van der Waals surface area contributed by atoms with Gasteiger partial charge in [0.1, 0.15) is 6.04 Å². The van der Waals surface area contributed by atoms with Crippen molar-refractivity contribution < 1.29 is 18.7 Å². The molecule has 0 aromatic heterocycles. The molecule has 0 saturated heterocycles. The van der Waals surface area contributed by atoms with Crippen molar-refractivity contribution in [3.8, 4) is 5.75 Å². The van der Waals surface area contributed by atoms with Gasteiger partial charge in [-0.3, -0.25) is 20.3 Å². The third-order valence-electron chi connectivity index (χ3n) is 8.57. The second-order valence-corrected chi connectivity index (χ2v) is 11.6. The predicted octanol–water partition coefficient (Wildman–Crippen LogP) is 4.31. The van der Waals surface area contributed by atoms with Gasteiger partial charge < -0.3 is 15.4 Å². The Morgan fingerprint density at radius 3 is 2.32 bits per heavy atom. The number of methoxy groups -OCH3 is 1. The van der Waals surface area contributed by atoms with E-state index in [-0.39, 0.29) is 35.5 Å². The standard InChI is InChI=1S/C30H37FN4O3/c1-38-26-13-20(7-8-24(26)31)18-33-28(37)25(12-19-5-3-2-4-6-19)34-29(32)35-27(36)17-30-14-21-9-22(15-30)11-23(10-21)16-30/h2-8,13,21-23,25H,9-12,14-18H2,1H3,(H,33,37)(H3,32,34,35,36)/t21-,22+,23-,25-,30-/m1/s1. The van der Waals surface area contributed by atoms with E-state index in [1.165, 1.54) is 32.4 Å². The molecule has 4 aliphatic rings. The summed E-state index contributed by atoms with van der Waals surface area (Å²) in [5.74, 6) is 1.27. The summed E-state index contributed by atoms with van der Waals surface area (Å²) in [6.07, 6.45) is 8.12. The van der Waals surface area contributed by atoms with E-state index in [1.54, 1.807) is 12.1 Å². The average molecular weight is 521 g/mol. The van der Waals surface area contributed by atoms with Crippen LogP contribution in [0.2, 0.25) is 0 Å². The molecule has 0 heterocycles. The van der Waals surface area contributed by atoms with Gasteiger partial charge in [0, 0.05) is 19.4 Å². The fourth-order valence-electron chi connectivity index (χ4n) is 7.43. The Morgan fingerprint density at radius 2 is 1.68 bits per heavy atom. The van der Waals surface area contributed by atoms with Gasteiger partial charge in [0.2, 0.25) is 11.8 Å². The summed E-state index contributed by atoms with van der Waals surface area (Å²) >= 11 is 0. The molecule has 2 aromatic rings. The summed E-state index contributed by atoms with van der Waals surface area (Å²) in [6.45, 7) is 0.175. The average Bonchev–Trinajstić information content (AvgIpc) is 2.87. The molecule has 8 heteroatoms. The lowest BCUT2D eigenvalue weighted by atomic mass is 9.49. The molecule has 2 amide bonds. The van der Waals surface area contributed by atoms with E-state index < -0.39 is 11.9 Å². The quantitative estimate of drug-likeness (QED) is 0.292. The van der Waals surface area contributed by atoms with Crippen LogP contribution in [0.4, 0.5) is 4.39 Å². The van der Waals surface area contributed by atoms with Crippen molar-refractivity contribution in [1.82, 2.24) is 16.0 Å². The zero-order chi connectivity index (χ0) is 26.7. The lowest BCUT2D eigenvalue weighted by molar-refractivity contribution is -0.128. The fourth-order valence-corrected chi connectivity index (χ4v) is 7.43. The Hall–Kier alpha value is -3.42. The number of amides is 2. The Balaban J connectivity index is 1.19. The van der Waals surface area contributed by atoms with Crippen molar-refractivity contribution in [3.05, 3.63) is 65.5 Å². The van der Waals surface area contributed by atoms with E-state index in [0.29, 0.717) is 18.4 Å². The summed E-state index contributed by atoms with van der Waals surface area (Å²) in [6, 6.07) is 13.2. The molecule has 4 aliphatic carbocycles. The van der Waals surface area contributed by atoms with Crippen LogP contribution in [0.5, 0.6) is 5.75 Å². The van der Waals surface area contributed by atoms with Gasteiger partial charge >= 0.3 is 0 Å². The zero-order valence-corrected chi connectivity index (χ0v) is 21.9. The maximum atomic E-state index is 13.7. The highest BCUT2D eigenvalue weighted by Gasteiger charge is 2.51. The number of guanidine groups is 1. The molecule has 0 unspecified atom stereocenters. The van der Waals surface area contributed by atoms with E-state index in [1.807, 2.05) is 30.3 Å². The molecule has 0 aliphatic heterocycles. The zero-order valence-electron chi connectivity index (χ0n) is 21.9. The van der Waals surface area contributed by atoms with E-state index in [4.69, 9.17) is 10.1 Å². The number of carbonyl (C=O) groups is 2. The van der Waals surface area contributed by atoms with E-state index >= 15 is 0 Å². The Kier molecular flexibility index (Phi) is 7.68. The fraction of sp³-hybridized carbons (Fsp3) is 0.500. The molecule has 6 rings (SSSR count). The largest absolute Gasteiger partial charge is 0.494 e. The minimum absolute atomic E-state index is 0.0795. The molecule has 0 radical (unpaired) electrons. The first-order valence-electron chi connectivity index (χ1n) is 13.6. The molecular formula is C30H37FN4O3. The van der Waals surface area contributed by atoms with Crippen LogP contribution in [0.25, 0.3) is 0 Å². The van der Waals surface area contributed by atoms with Crippen LogP contribution in [0.15, 0.2) is 48.5 Å². The van der Waals surface area contributed by atoms with Gasteiger partial charge in [-0.1, -0.05) is 36.4 Å². The topological polar surface area (TPSA) is 103 Å². The van der Waals surface area contributed by atoms with Crippen LogP contribution < -0.4 is 20.7 Å². The number of carbonyl (C=O) groups excluding carboxylic acids is 2. The third kappa shape index (κ3) is 6.17. The van der Waals surface area contributed by atoms with Gasteiger partial charge in [0.15, 0.2) is 17.5 Å². The number of rotatable bonds is 9. The predicted molar refractivity (Wildman–Crippen MR) is 143 cm³/mol. The second-order valence-electron chi connectivity index (χ2n) is 11.6. The molecule has 4 saturated carbocycles. The van der Waals surface area contributed by atoms with E-state index in [2.05, 4.69) is 16.0 Å². The molecule has 4 N–H and O–H groups in total. The molecule has 2 aromatic carbocycles. The van der Waals surface area contributed by atoms with Gasteiger partial charge in [-0.25, -0.2) is 4.39 Å². The molecule has 1 atom stereocenters. The molecule has 7 nitrogen and oxygen atoms in total. The Labute approximate surface area is 223 Å². The summed E-state index contributed by atoms with van der Waals surface area (Å²) in [5.41, 5.74) is 1.70.